The second-order valence-corrected chi connectivity index (χ2v) is 6.03. The largest absolute Gasteiger partial charge is 0.493 e. The molecule has 0 radical (unpaired) electrons. The first-order valence-electron chi connectivity index (χ1n) is 6.83. The maximum atomic E-state index is 12.0. The third-order valence-corrected chi connectivity index (χ3v) is 2.96. The van der Waals surface area contributed by atoms with Crippen molar-refractivity contribution in [1.82, 2.24) is 9.97 Å². The van der Waals surface area contributed by atoms with Gasteiger partial charge in [0.05, 0.1) is 19.7 Å². The molecule has 1 amide bonds. The van der Waals surface area contributed by atoms with Gasteiger partial charge < -0.3 is 14.2 Å². The molecule has 0 unspecified atom stereocenters. The standard InChI is InChI=1S/C15H18ClN3O4/c1-15(2,3)23-14(20)19-12-8-6-10(21-4)11(22-5)7-9(8)17-13(16)18-12/h6-7H,1-5H3,(H,17,18,19,20). The average Bonchev–Trinajstić information content (AvgIpc) is 2.43. The van der Waals surface area contributed by atoms with Gasteiger partial charge in [-0.05, 0) is 38.4 Å². The fraction of sp³-hybridized carbons (Fsp3) is 0.400. The van der Waals surface area contributed by atoms with Crippen LogP contribution in [0.15, 0.2) is 12.1 Å². The van der Waals surface area contributed by atoms with Gasteiger partial charge in [0.2, 0.25) is 5.28 Å². The molecule has 1 aromatic carbocycles. The summed E-state index contributed by atoms with van der Waals surface area (Å²) < 4.78 is 15.7. The summed E-state index contributed by atoms with van der Waals surface area (Å²) in [5, 5.41) is 3.13. The number of nitrogens with zero attached hydrogens (tertiary/aromatic N) is 2. The quantitative estimate of drug-likeness (QED) is 0.859. The highest BCUT2D eigenvalue weighted by Gasteiger charge is 2.19. The van der Waals surface area contributed by atoms with Gasteiger partial charge in [-0.3, -0.25) is 5.32 Å². The van der Waals surface area contributed by atoms with Crippen LogP contribution in [0.25, 0.3) is 10.9 Å². The smallest absolute Gasteiger partial charge is 0.413 e. The summed E-state index contributed by atoms with van der Waals surface area (Å²) in [6, 6.07) is 3.32. The molecule has 1 N–H and O–H groups in total. The van der Waals surface area contributed by atoms with Gasteiger partial charge in [-0.25, -0.2) is 9.78 Å². The van der Waals surface area contributed by atoms with Crippen molar-refractivity contribution in [1.29, 1.82) is 0 Å². The molecule has 2 rings (SSSR count). The molecule has 7 nitrogen and oxygen atoms in total. The van der Waals surface area contributed by atoms with Crippen molar-refractivity contribution >= 4 is 34.4 Å². The number of carbonyl (C=O) groups is 1. The Morgan fingerprint density at radius 1 is 1.13 bits per heavy atom. The minimum Gasteiger partial charge on any atom is -0.493 e. The Morgan fingerprint density at radius 2 is 1.74 bits per heavy atom. The van der Waals surface area contributed by atoms with Crippen LogP contribution in [-0.2, 0) is 4.74 Å². The maximum absolute atomic E-state index is 12.0. The van der Waals surface area contributed by atoms with E-state index in [4.69, 9.17) is 25.8 Å². The molecule has 0 aliphatic carbocycles. The summed E-state index contributed by atoms with van der Waals surface area (Å²) in [6.07, 6.45) is -0.636. The van der Waals surface area contributed by atoms with E-state index in [9.17, 15) is 4.79 Å². The lowest BCUT2D eigenvalue weighted by Gasteiger charge is -2.20. The number of fused-ring (bicyclic) bond motifs is 1. The zero-order valence-corrected chi connectivity index (χ0v) is 14.3. The number of aromatic nitrogens is 2. The van der Waals surface area contributed by atoms with Crippen molar-refractivity contribution in [3.63, 3.8) is 0 Å². The second-order valence-electron chi connectivity index (χ2n) is 5.69. The molecule has 8 heteroatoms. The van der Waals surface area contributed by atoms with E-state index in [1.54, 1.807) is 32.9 Å². The summed E-state index contributed by atoms with van der Waals surface area (Å²) in [5.74, 6) is 1.21. The summed E-state index contributed by atoms with van der Waals surface area (Å²) in [7, 11) is 3.04. The number of halogens is 1. The molecule has 0 saturated heterocycles. The van der Waals surface area contributed by atoms with Crippen molar-refractivity contribution in [3.8, 4) is 11.5 Å². The molecule has 0 aliphatic heterocycles. The Labute approximate surface area is 138 Å². The van der Waals surface area contributed by atoms with Gasteiger partial charge in [0.25, 0.3) is 0 Å². The summed E-state index contributed by atoms with van der Waals surface area (Å²) in [6.45, 7) is 5.31. The maximum Gasteiger partial charge on any atom is 0.413 e. The van der Waals surface area contributed by atoms with Gasteiger partial charge in [0.15, 0.2) is 11.5 Å². The van der Waals surface area contributed by atoms with Crippen LogP contribution in [0.2, 0.25) is 5.28 Å². The molecule has 0 saturated carbocycles. The van der Waals surface area contributed by atoms with E-state index in [0.29, 0.717) is 22.4 Å². The lowest BCUT2D eigenvalue weighted by Crippen LogP contribution is -2.27. The van der Waals surface area contributed by atoms with Crippen LogP contribution in [0.4, 0.5) is 10.6 Å². The first-order valence-corrected chi connectivity index (χ1v) is 7.20. The molecule has 124 valence electrons. The van der Waals surface area contributed by atoms with E-state index in [1.165, 1.54) is 14.2 Å². The fourth-order valence-corrected chi connectivity index (χ4v) is 2.10. The number of nitrogens with one attached hydrogen (secondary N) is 1. The Kier molecular flexibility index (Phi) is 4.79. The van der Waals surface area contributed by atoms with Gasteiger partial charge in [-0.15, -0.1) is 0 Å². The first kappa shape index (κ1) is 17.1. The van der Waals surface area contributed by atoms with Crippen LogP contribution in [0.3, 0.4) is 0 Å². The Balaban J connectivity index is 2.48. The molecular formula is C15H18ClN3O4. The van der Waals surface area contributed by atoms with Crippen LogP contribution in [-0.4, -0.2) is 35.9 Å². The van der Waals surface area contributed by atoms with Crippen molar-refractivity contribution in [2.45, 2.75) is 26.4 Å². The molecule has 0 aliphatic rings. The molecule has 0 bridgehead atoms. The number of amides is 1. The van der Waals surface area contributed by atoms with E-state index >= 15 is 0 Å². The summed E-state index contributed by atoms with van der Waals surface area (Å²) in [5.41, 5.74) is -0.119. The molecule has 0 atom stereocenters. The lowest BCUT2D eigenvalue weighted by molar-refractivity contribution is 0.0635. The van der Waals surface area contributed by atoms with Gasteiger partial charge >= 0.3 is 6.09 Å². The SMILES string of the molecule is COc1cc2nc(Cl)nc(NC(=O)OC(C)(C)C)c2cc1OC. The Morgan fingerprint density at radius 3 is 2.30 bits per heavy atom. The highest BCUT2D eigenvalue weighted by Crippen LogP contribution is 2.34. The molecule has 2 aromatic rings. The predicted octanol–water partition coefficient (Wildman–Crippen LogP) is 3.65. The van der Waals surface area contributed by atoms with E-state index in [1.807, 2.05) is 0 Å². The summed E-state index contributed by atoms with van der Waals surface area (Å²) in [4.78, 5) is 20.1. The highest BCUT2D eigenvalue weighted by atomic mass is 35.5. The normalized spacial score (nSPS) is 11.2. The number of carbonyl (C=O) groups excluding carboxylic acids is 1. The molecule has 1 aromatic heterocycles. The number of hydrogen-bond acceptors (Lipinski definition) is 6. The molecule has 0 fully saturated rings. The fourth-order valence-electron chi connectivity index (χ4n) is 1.92. The van der Waals surface area contributed by atoms with Crippen LogP contribution >= 0.6 is 11.6 Å². The predicted molar refractivity (Wildman–Crippen MR) is 87.5 cm³/mol. The van der Waals surface area contributed by atoms with Crippen LogP contribution in [0.1, 0.15) is 20.8 Å². The van der Waals surface area contributed by atoms with Crippen molar-refractivity contribution in [2.24, 2.45) is 0 Å². The molecule has 23 heavy (non-hydrogen) atoms. The molecule has 0 spiro atoms. The van der Waals surface area contributed by atoms with Gasteiger partial charge in [0, 0.05) is 11.5 Å². The second kappa shape index (κ2) is 6.45. The topological polar surface area (TPSA) is 82.6 Å². The number of benzene rings is 1. The minimum atomic E-state index is -0.636. The Hall–Kier alpha value is -2.28. The molecule has 1 heterocycles. The monoisotopic (exact) mass is 339 g/mol. The van der Waals surface area contributed by atoms with Crippen LogP contribution in [0.5, 0.6) is 11.5 Å². The number of rotatable bonds is 3. The zero-order valence-electron chi connectivity index (χ0n) is 13.6. The van der Waals surface area contributed by atoms with E-state index in [-0.39, 0.29) is 11.1 Å². The zero-order chi connectivity index (χ0) is 17.2. The Bertz CT molecular complexity index is 744. The summed E-state index contributed by atoms with van der Waals surface area (Å²) >= 11 is 5.92. The minimum absolute atomic E-state index is 0.00391. The van der Waals surface area contributed by atoms with Gasteiger partial charge in [-0.1, -0.05) is 0 Å². The number of anilines is 1. The number of hydrogen-bond donors (Lipinski definition) is 1. The average molecular weight is 340 g/mol. The number of ether oxygens (including phenoxy) is 3. The van der Waals surface area contributed by atoms with Crippen molar-refractivity contribution < 1.29 is 19.0 Å². The van der Waals surface area contributed by atoms with E-state index in [2.05, 4.69) is 15.3 Å². The van der Waals surface area contributed by atoms with Crippen molar-refractivity contribution in [3.05, 3.63) is 17.4 Å². The lowest BCUT2D eigenvalue weighted by atomic mass is 10.2. The highest BCUT2D eigenvalue weighted by molar-refractivity contribution is 6.29. The molecular weight excluding hydrogens is 322 g/mol. The first-order chi connectivity index (χ1) is 10.7. The van der Waals surface area contributed by atoms with Gasteiger partial charge in [-0.2, -0.15) is 4.98 Å². The number of methoxy groups -OCH3 is 2. The third-order valence-electron chi connectivity index (χ3n) is 2.79. The van der Waals surface area contributed by atoms with E-state index < -0.39 is 11.7 Å². The van der Waals surface area contributed by atoms with Crippen LogP contribution in [0, 0.1) is 0 Å². The van der Waals surface area contributed by atoms with Gasteiger partial charge in [0.1, 0.15) is 11.4 Å². The van der Waals surface area contributed by atoms with Crippen molar-refractivity contribution in [2.75, 3.05) is 19.5 Å². The third kappa shape index (κ3) is 4.13. The van der Waals surface area contributed by atoms with Crippen LogP contribution < -0.4 is 14.8 Å². The van der Waals surface area contributed by atoms with E-state index in [0.717, 1.165) is 0 Å².